The van der Waals surface area contributed by atoms with E-state index in [2.05, 4.69) is 25.3 Å². The molecule has 75 valence electrons. The summed E-state index contributed by atoms with van der Waals surface area (Å²) in [5.41, 5.74) is 2.84. The smallest absolute Gasteiger partial charge is 0.328 e. The van der Waals surface area contributed by atoms with Gasteiger partial charge in [-0.05, 0) is 38.4 Å². The van der Waals surface area contributed by atoms with Crippen LogP contribution in [0.3, 0.4) is 0 Å². The molecule has 0 aromatic heterocycles. The summed E-state index contributed by atoms with van der Waals surface area (Å²) < 4.78 is 5.85. The highest BCUT2D eigenvalue weighted by atomic mass is 28.4. The first-order chi connectivity index (χ1) is 5.62. The summed E-state index contributed by atoms with van der Waals surface area (Å²) in [6.07, 6.45) is 1.06. The average molecular weight is 217 g/mol. The number of hydrogen-bond donors (Lipinski definition) is 1. The van der Waals surface area contributed by atoms with Gasteiger partial charge in [0.15, 0.2) is 8.32 Å². The molecule has 0 saturated carbocycles. The van der Waals surface area contributed by atoms with Gasteiger partial charge in [-0.25, -0.2) is 4.79 Å². The third-order valence-corrected chi connectivity index (χ3v) is 6.43. The summed E-state index contributed by atoms with van der Waals surface area (Å²) in [5.74, 6) is -0.959. The lowest BCUT2D eigenvalue weighted by Gasteiger charge is -2.28. The van der Waals surface area contributed by atoms with Gasteiger partial charge in [0.25, 0.3) is 0 Å². The molecule has 0 spiro atoms. The van der Waals surface area contributed by atoms with Crippen LogP contribution in [0, 0.1) is 5.70 Å². The predicted octanol–water partition coefficient (Wildman–Crippen LogP) is 2.03. The molecule has 0 aromatic carbocycles. The van der Waals surface area contributed by atoms with Crippen molar-refractivity contribution in [1.29, 1.82) is 0 Å². The molecule has 3 nitrogen and oxygen atoms in total. The van der Waals surface area contributed by atoms with Crippen LogP contribution in [0.5, 0.6) is 0 Å². The van der Waals surface area contributed by atoms with E-state index in [0.717, 1.165) is 6.08 Å². The molecule has 0 atom stereocenters. The topological polar surface area (TPSA) is 46.5 Å². The maximum Gasteiger partial charge on any atom is 0.328 e. The summed E-state index contributed by atoms with van der Waals surface area (Å²) in [6.45, 7) is 10.2. The fourth-order valence-corrected chi connectivity index (χ4v) is 7.86. The zero-order valence-corrected chi connectivity index (χ0v) is 10.8. The highest BCUT2D eigenvalue weighted by Crippen LogP contribution is 2.14. The van der Waals surface area contributed by atoms with Crippen molar-refractivity contribution in [3.05, 3.63) is 11.8 Å². The summed E-state index contributed by atoms with van der Waals surface area (Å²) in [6, 6.07) is 0. The summed E-state index contributed by atoms with van der Waals surface area (Å²) in [7, 11) is -3.60. The van der Waals surface area contributed by atoms with Crippen LogP contribution in [-0.4, -0.2) is 27.7 Å². The standard InChI is InChI=1S/C8H17O3Si2/c1-12(2,3)11-13(4,5)7-6-8(9)10/h6H,1-5H3,(H,9,10). The Kier molecular flexibility index (Phi) is 4.08. The quantitative estimate of drug-likeness (QED) is 0.579. The Morgan fingerprint density at radius 2 is 1.77 bits per heavy atom. The summed E-state index contributed by atoms with van der Waals surface area (Å²) >= 11 is 0. The molecular formula is C8H17O3Si2. The molecule has 0 saturated heterocycles. The summed E-state index contributed by atoms with van der Waals surface area (Å²) in [5, 5.41) is 8.44. The van der Waals surface area contributed by atoms with Gasteiger partial charge in [-0.3, -0.25) is 0 Å². The maximum atomic E-state index is 10.3. The van der Waals surface area contributed by atoms with E-state index in [1.54, 1.807) is 0 Å². The zero-order valence-electron chi connectivity index (χ0n) is 8.84. The molecule has 0 unspecified atom stereocenters. The average Bonchev–Trinajstić information content (AvgIpc) is 1.78. The fourth-order valence-electron chi connectivity index (χ4n) is 1.03. The highest BCUT2D eigenvalue weighted by Gasteiger charge is 2.27. The van der Waals surface area contributed by atoms with Crippen LogP contribution < -0.4 is 0 Å². The van der Waals surface area contributed by atoms with Gasteiger partial charge < -0.3 is 9.22 Å². The first-order valence-electron chi connectivity index (χ1n) is 4.16. The lowest BCUT2D eigenvalue weighted by atomic mass is 10.7. The van der Waals surface area contributed by atoms with Crippen molar-refractivity contribution in [2.75, 3.05) is 0 Å². The van der Waals surface area contributed by atoms with Gasteiger partial charge >= 0.3 is 5.97 Å². The third kappa shape index (κ3) is 7.95. The molecule has 0 heterocycles. The lowest BCUT2D eigenvalue weighted by molar-refractivity contribution is -0.131. The van der Waals surface area contributed by atoms with E-state index in [1.165, 1.54) is 0 Å². The Balaban J connectivity index is 4.32. The number of carbonyl (C=O) groups is 1. The van der Waals surface area contributed by atoms with E-state index < -0.39 is 22.6 Å². The van der Waals surface area contributed by atoms with Crippen molar-refractivity contribution in [2.24, 2.45) is 0 Å². The maximum absolute atomic E-state index is 10.3. The normalized spacial score (nSPS) is 13.6. The Hall–Kier alpha value is -0.396. The number of rotatable bonds is 4. The van der Waals surface area contributed by atoms with Crippen molar-refractivity contribution >= 4 is 22.6 Å². The van der Waals surface area contributed by atoms with Gasteiger partial charge in [0.05, 0.1) is 0 Å². The largest absolute Gasteiger partial charge is 0.478 e. The molecule has 0 aliphatic carbocycles. The van der Waals surface area contributed by atoms with Gasteiger partial charge in [-0.2, -0.15) is 0 Å². The molecule has 1 radical (unpaired) electrons. The number of aliphatic carboxylic acids is 1. The second kappa shape index (κ2) is 4.21. The van der Waals surface area contributed by atoms with Crippen LogP contribution in [0.4, 0.5) is 0 Å². The number of hydrogen-bond acceptors (Lipinski definition) is 2. The first-order valence-corrected chi connectivity index (χ1v) is 10.5. The monoisotopic (exact) mass is 217 g/mol. The van der Waals surface area contributed by atoms with E-state index >= 15 is 0 Å². The number of carboxylic acid groups (broad SMARTS) is 1. The molecule has 5 heteroatoms. The molecule has 0 aromatic rings. The van der Waals surface area contributed by atoms with Crippen LogP contribution >= 0.6 is 0 Å². The van der Waals surface area contributed by atoms with Gasteiger partial charge in [0.1, 0.15) is 0 Å². The molecule has 0 amide bonds. The van der Waals surface area contributed by atoms with Crippen molar-refractivity contribution in [3.8, 4) is 0 Å². The SMILES string of the molecule is C[Si](C)(C)O[Si](C)(C)[C]=CC(=O)O. The second-order valence-electron chi connectivity index (χ2n) is 4.35. The van der Waals surface area contributed by atoms with Crippen LogP contribution in [0.2, 0.25) is 32.7 Å². The highest BCUT2D eigenvalue weighted by molar-refractivity contribution is 6.85. The molecule has 0 fully saturated rings. The lowest BCUT2D eigenvalue weighted by Crippen LogP contribution is -2.41. The molecule has 0 aliphatic heterocycles. The van der Waals surface area contributed by atoms with Crippen LogP contribution in [0.25, 0.3) is 0 Å². The van der Waals surface area contributed by atoms with E-state index in [-0.39, 0.29) is 0 Å². The molecular weight excluding hydrogens is 200 g/mol. The van der Waals surface area contributed by atoms with Gasteiger partial charge in [-0.1, -0.05) is 0 Å². The minimum atomic E-state index is -2.03. The zero-order chi connectivity index (χ0) is 10.7. The van der Waals surface area contributed by atoms with Gasteiger partial charge in [0.2, 0.25) is 8.32 Å². The summed E-state index contributed by atoms with van der Waals surface area (Å²) in [4.78, 5) is 10.3. The first kappa shape index (κ1) is 12.6. The second-order valence-corrected chi connectivity index (χ2v) is 12.7. The Bertz CT molecular complexity index is 216. The predicted molar refractivity (Wildman–Crippen MR) is 57.4 cm³/mol. The Morgan fingerprint density at radius 3 is 2.08 bits per heavy atom. The van der Waals surface area contributed by atoms with Crippen molar-refractivity contribution in [3.63, 3.8) is 0 Å². The van der Waals surface area contributed by atoms with Gasteiger partial charge in [0, 0.05) is 6.08 Å². The minimum Gasteiger partial charge on any atom is -0.478 e. The van der Waals surface area contributed by atoms with Crippen molar-refractivity contribution < 1.29 is 14.0 Å². The Labute approximate surface area is 81.7 Å². The van der Waals surface area contributed by atoms with E-state index in [0.29, 0.717) is 0 Å². The molecule has 0 aliphatic rings. The van der Waals surface area contributed by atoms with E-state index in [1.807, 2.05) is 13.1 Å². The van der Waals surface area contributed by atoms with Crippen LogP contribution in [0.1, 0.15) is 0 Å². The van der Waals surface area contributed by atoms with E-state index in [4.69, 9.17) is 9.22 Å². The van der Waals surface area contributed by atoms with Crippen LogP contribution in [-0.2, 0) is 8.91 Å². The number of carboxylic acids is 1. The third-order valence-electron chi connectivity index (χ3n) is 1.10. The molecule has 0 bridgehead atoms. The van der Waals surface area contributed by atoms with Crippen molar-refractivity contribution in [2.45, 2.75) is 32.7 Å². The van der Waals surface area contributed by atoms with Crippen molar-refractivity contribution in [1.82, 2.24) is 0 Å². The van der Waals surface area contributed by atoms with Gasteiger partial charge in [-0.15, -0.1) is 0 Å². The molecule has 1 N–H and O–H groups in total. The fraction of sp³-hybridized carbons (Fsp3) is 0.625. The van der Waals surface area contributed by atoms with E-state index in [9.17, 15) is 4.79 Å². The molecule has 13 heavy (non-hydrogen) atoms. The minimum absolute atomic E-state index is 0.959. The molecule has 0 rings (SSSR count). The Morgan fingerprint density at radius 1 is 1.31 bits per heavy atom. The van der Waals surface area contributed by atoms with Crippen LogP contribution in [0.15, 0.2) is 6.08 Å².